The molecule has 0 amide bonds. The van der Waals surface area contributed by atoms with Gasteiger partial charge >= 0.3 is 6.18 Å². The summed E-state index contributed by atoms with van der Waals surface area (Å²) in [5, 5.41) is 11.0. The molecule has 1 aromatic heterocycles. The fraction of sp³-hybridized carbons (Fsp3) is 0.312. The van der Waals surface area contributed by atoms with Crippen molar-refractivity contribution in [2.45, 2.75) is 18.0 Å². The highest BCUT2D eigenvalue weighted by atomic mass is 19.4. The van der Waals surface area contributed by atoms with E-state index in [0.717, 1.165) is 24.5 Å². The number of carbonyl (C=O) groups excluding carboxylic acids is 1. The molecule has 2 aromatic rings. The van der Waals surface area contributed by atoms with Crippen molar-refractivity contribution in [3.63, 3.8) is 0 Å². The Morgan fingerprint density at radius 3 is 2.35 bits per heavy atom. The van der Waals surface area contributed by atoms with E-state index in [1.807, 2.05) is 0 Å². The van der Waals surface area contributed by atoms with Crippen molar-refractivity contribution < 1.29 is 27.6 Å². The fourth-order valence-corrected chi connectivity index (χ4v) is 2.54. The first-order valence-electron chi connectivity index (χ1n) is 7.32. The number of nitrogens with zero attached hydrogens (tertiary/aromatic N) is 3. The van der Waals surface area contributed by atoms with Gasteiger partial charge in [0.15, 0.2) is 11.2 Å². The quantitative estimate of drug-likeness (QED) is 0.423. The van der Waals surface area contributed by atoms with Crippen molar-refractivity contribution in [2.24, 2.45) is 0 Å². The molecule has 0 spiro atoms. The molecule has 0 aliphatic rings. The van der Waals surface area contributed by atoms with Crippen LogP contribution in [-0.2, 0) is 5.41 Å². The highest BCUT2D eigenvalue weighted by Crippen LogP contribution is 2.45. The van der Waals surface area contributed by atoms with Gasteiger partial charge in [-0.1, -0.05) is 12.1 Å². The highest BCUT2D eigenvalue weighted by Gasteiger charge is 2.60. The number of rotatable bonds is 7. The molecule has 0 bridgehead atoms. The maximum Gasteiger partial charge on any atom is 0.405 e. The molecule has 0 N–H and O–H groups in total. The lowest BCUT2D eigenvalue weighted by Crippen LogP contribution is -2.49. The smallest absolute Gasteiger partial charge is 0.405 e. The second-order valence-corrected chi connectivity index (χ2v) is 5.49. The summed E-state index contributed by atoms with van der Waals surface area (Å²) in [7, 11) is 1.33. The van der Waals surface area contributed by atoms with Crippen LogP contribution < -0.4 is 4.74 Å². The van der Waals surface area contributed by atoms with Crippen LogP contribution in [0, 0.1) is 10.1 Å². The summed E-state index contributed by atoms with van der Waals surface area (Å²) < 4.78 is 46.8. The molecule has 0 radical (unpaired) electrons. The molecule has 0 aliphatic heterocycles. The Morgan fingerprint density at radius 2 is 1.88 bits per heavy atom. The summed E-state index contributed by atoms with van der Waals surface area (Å²) in [6, 6.07) is 4.64. The van der Waals surface area contributed by atoms with Crippen LogP contribution in [0.15, 0.2) is 42.9 Å². The Balaban J connectivity index is 2.55. The lowest BCUT2D eigenvalue weighted by Gasteiger charge is -2.32. The predicted octanol–water partition coefficient (Wildman–Crippen LogP) is 2.84. The molecular formula is C16H14F3N3O4. The van der Waals surface area contributed by atoms with E-state index in [0.29, 0.717) is 0 Å². The number of ether oxygens (including phenoxy) is 1. The van der Waals surface area contributed by atoms with Gasteiger partial charge in [-0.25, -0.2) is 4.98 Å². The average Bonchev–Trinajstić information content (AvgIpc) is 2.60. The number of alkyl halides is 3. The van der Waals surface area contributed by atoms with Crippen molar-refractivity contribution in [3.05, 3.63) is 64.2 Å². The lowest BCUT2D eigenvalue weighted by atomic mass is 9.75. The Morgan fingerprint density at radius 1 is 1.23 bits per heavy atom. The lowest BCUT2D eigenvalue weighted by molar-refractivity contribution is -0.501. The van der Waals surface area contributed by atoms with Crippen molar-refractivity contribution in [2.75, 3.05) is 13.7 Å². The molecule has 2 rings (SSSR count). The van der Waals surface area contributed by atoms with Crippen molar-refractivity contribution >= 4 is 5.78 Å². The van der Waals surface area contributed by atoms with Gasteiger partial charge in [-0.15, -0.1) is 0 Å². The average molecular weight is 369 g/mol. The number of benzene rings is 1. The normalized spacial score (nSPS) is 13.7. The number of hydrogen-bond acceptors (Lipinski definition) is 6. The topological polar surface area (TPSA) is 95.2 Å². The molecule has 0 aliphatic carbocycles. The van der Waals surface area contributed by atoms with Crippen LogP contribution in [0.25, 0.3) is 0 Å². The van der Waals surface area contributed by atoms with Crippen LogP contribution >= 0.6 is 0 Å². The van der Waals surface area contributed by atoms with Crippen molar-refractivity contribution in [1.29, 1.82) is 0 Å². The summed E-state index contributed by atoms with van der Waals surface area (Å²) in [5.74, 6) is -0.709. The van der Waals surface area contributed by atoms with Gasteiger partial charge in [-0.2, -0.15) is 13.2 Å². The Bertz CT molecular complexity index is 782. The zero-order valence-corrected chi connectivity index (χ0v) is 13.6. The van der Waals surface area contributed by atoms with Crippen molar-refractivity contribution in [1.82, 2.24) is 9.97 Å². The van der Waals surface area contributed by atoms with Crippen LogP contribution in [0.4, 0.5) is 13.2 Å². The number of carbonyl (C=O) groups is 1. The third-order valence-electron chi connectivity index (χ3n) is 3.90. The number of halogens is 3. The van der Waals surface area contributed by atoms with Gasteiger partial charge in [0, 0.05) is 23.7 Å². The third-order valence-corrected chi connectivity index (χ3v) is 3.90. The van der Waals surface area contributed by atoms with E-state index in [4.69, 9.17) is 4.74 Å². The monoisotopic (exact) mass is 369 g/mol. The van der Waals surface area contributed by atoms with Gasteiger partial charge in [0.2, 0.25) is 6.54 Å². The van der Waals surface area contributed by atoms with Gasteiger partial charge in [0.05, 0.1) is 13.3 Å². The van der Waals surface area contributed by atoms with Crippen LogP contribution in [-0.4, -0.2) is 40.5 Å². The first kappa shape index (κ1) is 19.3. The number of hydrogen-bond donors (Lipinski definition) is 0. The molecule has 1 atom stereocenters. The molecule has 1 heterocycles. The first-order valence-corrected chi connectivity index (χ1v) is 7.32. The molecule has 10 heteroatoms. The van der Waals surface area contributed by atoms with Crippen LogP contribution in [0.1, 0.15) is 22.5 Å². The second-order valence-electron chi connectivity index (χ2n) is 5.49. The number of nitro groups is 1. The van der Waals surface area contributed by atoms with E-state index in [1.165, 1.54) is 25.4 Å². The Labute approximate surface area is 146 Å². The molecule has 0 fully saturated rings. The molecule has 26 heavy (non-hydrogen) atoms. The summed E-state index contributed by atoms with van der Waals surface area (Å²) in [4.78, 5) is 29.6. The molecule has 0 saturated carbocycles. The predicted molar refractivity (Wildman–Crippen MR) is 83.6 cm³/mol. The zero-order chi connectivity index (χ0) is 19.4. The van der Waals surface area contributed by atoms with Crippen LogP contribution in [0.3, 0.4) is 0 Å². The number of methoxy groups -OCH3 is 1. The van der Waals surface area contributed by atoms with E-state index in [-0.39, 0.29) is 11.4 Å². The van der Waals surface area contributed by atoms with Crippen LogP contribution in [0.5, 0.6) is 5.75 Å². The summed E-state index contributed by atoms with van der Waals surface area (Å²) >= 11 is 0. The molecule has 7 nitrogen and oxygen atoms in total. The van der Waals surface area contributed by atoms with Crippen LogP contribution in [0.2, 0.25) is 0 Å². The Hall–Kier alpha value is -3.04. The maximum atomic E-state index is 14.0. The molecule has 138 valence electrons. The number of ketones is 1. The SMILES string of the molecule is COc1ccc([C@@](CC(=O)c2cnccn2)(C[N+](=O)[O-])C(F)(F)F)cc1. The minimum Gasteiger partial charge on any atom is -0.497 e. The number of aromatic nitrogens is 2. The molecule has 0 unspecified atom stereocenters. The van der Waals surface area contributed by atoms with Gasteiger partial charge in [-0.05, 0) is 17.7 Å². The minimum absolute atomic E-state index is 0.284. The van der Waals surface area contributed by atoms with Crippen molar-refractivity contribution in [3.8, 4) is 5.75 Å². The molecular weight excluding hydrogens is 355 g/mol. The minimum atomic E-state index is -5.05. The van der Waals surface area contributed by atoms with E-state index in [9.17, 15) is 28.1 Å². The standard InChI is InChI=1S/C16H14F3N3O4/c1-26-12-4-2-11(3-5-12)15(10-22(24)25,16(17,18)19)8-14(23)13-9-20-6-7-21-13/h2-7,9H,8,10H2,1H3/t15-/m1/s1. The van der Waals surface area contributed by atoms with Gasteiger partial charge < -0.3 is 4.74 Å². The van der Waals surface area contributed by atoms with Gasteiger partial charge in [-0.3, -0.25) is 19.9 Å². The Kier molecular flexibility index (Phi) is 5.53. The second kappa shape index (κ2) is 7.46. The van der Waals surface area contributed by atoms with Gasteiger partial charge in [0.25, 0.3) is 0 Å². The fourth-order valence-electron chi connectivity index (χ4n) is 2.54. The van der Waals surface area contributed by atoms with E-state index < -0.39 is 40.8 Å². The zero-order valence-electron chi connectivity index (χ0n) is 13.6. The van der Waals surface area contributed by atoms with E-state index >= 15 is 0 Å². The summed E-state index contributed by atoms with van der Waals surface area (Å²) in [5.41, 5.74) is -3.70. The summed E-state index contributed by atoms with van der Waals surface area (Å²) in [6.07, 6.45) is -2.78. The molecule has 1 aromatic carbocycles. The van der Waals surface area contributed by atoms with E-state index in [2.05, 4.69) is 9.97 Å². The first-order chi connectivity index (χ1) is 12.2. The largest absolute Gasteiger partial charge is 0.497 e. The molecule has 0 saturated heterocycles. The summed E-state index contributed by atoms with van der Waals surface area (Å²) in [6.45, 7) is -1.49. The highest BCUT2D eigenvalue weighted by molar-refractivity contribution is 5.95. The van der Waals surface area contributed by atoms with Gasteiger partial charge in [0.1, 0.15) is 11.4 Å². The third kappa shape index (κ3) is 3.95. The maximum absolute atomic E-state index is 14.0. The number of Topliss-reactive ketones (excluding diaryl/α,β-unsaturated/α-hetero) is 1. The van der Waals surface area contributed by atoms with E-state index in [1.54, 1.807) is 0 Å².